The first kappa shape index (κ1) is 11.2. The molecule has 1 spiro atoms. The topological polar surface area (TPSA) is 85.4 Å². The van der Waals surface area contributed by atoms with E-state index in [0.717, 1.165) is 0 Å². The Labute approximate surface area is 104 Å². The van der Waals surface area contributed by atoms with Gasteiger partial charge in [0.2, 0.25) is 5.88 Å². The van der Waals surface area contributed by atoms with Gasteiger partial charge in [0.05, 0.1) is 7.11 Å². The number of nitrogens with zero attached hydrogens (tertiary/aromatic N) is 2. The summed E-state index contributed by atoms with van der Waals surface area (Å²) in [6, 6.07) is 0. The Morgan fingerprint density at radius 3 is 2.89 bits per heavy atom. The molecule has 1 fully saturated rings. The number of hydrogen-bond donors (Lipinski definition) is 2. The second-order valence-corrected chi connectivity index (χ2v) is 4.38. The van der Waals surface area contributed by atoms with Crippen molar-refractivity contribution in [3.05, 3.63) is 6.33 Å². The third-order valence-electron chi connectivity index (χ3n) is 3.38. The molecule has 2 aliphatic rings. The van der Waals surface area contributed by atoms with Crippen molar-refractivity contribution >= 4 is 17.4 Å². The highest BCUT2D eigenvalue weighted by atomic mass is 16.5. The summed E-state index contributed by atoms with van der Waals surface area (Å²) >= 11 is 0. The molecule has 0 aliphatic carbocycles. The summed E-state index contributed by atoms with van der Waals surface area (Å²) in [5, 5.41) is 6.05. The number of nitrogens with one attached hydrogen (secondary N) is 2. The van der Waals surface area contributed by atoms with Crippen molar-refractivity contribution in [2.24, 2.45) is 0 Å². The molecule has 0 bridgehead atoms. The zero-order chi connectivity index (χ0) is 12.6. The average molecular weight is 250 g/mol. The SMILES string of the molecule is COc1ncnc2c1NC(=O)C1(CCOCC1)N2. The molecule has 96 valence electrons. The van der Waals surface area contributed by atoms with Crippen LogP contribution in [0.2, 0.25) is 0 Å². The third kappa shape index (κ3) is 1.59. The molecule has 2 aliphatic heterocycles. The number of carbonyl (C=O) groups excluding carboxylic acids is 1. The van der Waals surface area contributed by atoms with E-state index in [9.17, 15) is 4.79 Å². The van der Waals surface area contributed by atoms with Crippen LogP contribution in [0.4, 0.5) is 11.5 Å². The van der Waals surface area contributed by atoms with Gasteiger partial charge in [0.25, 0.3) is 5.91 Å². The minimum Gasteiger partial charge on any atom is -0.479 e. The molecule has 0 radical (unpaired) electrons. The van der Waals surface area contributed by atoms with E-state index < -0.39 is 5.54 Å². The van der Waals surface area contributed by atoms with Crippen molar-refractivity contribution in [1.29, 1.82) is 0 Å². The predicted octanol–water partition coefficient (Wildman–Crippen LogP) is 0.398. The van der Waals surface area contributed by atoms with Gasteiger partial charge in [-0.25, -0.2) is 4.98 Å². The highest BCUT2D eigenvalue weighted by molar-refractivity contribution is 6.06. The lowest BCUT2D eigenvalue weighted by molar-refractivity contribution is -0.123. The first-order valence-electron chi connectivity index (χ1n) is 5.81. The Hall–Kier alpha value is -1.89. The van der Waals surface area contributed by atoms with Gasteiger partial charge in [-0.3, -0.25) is 4.79 Å². The number of amides is 1. The Balaban J connectivity index is 1.99. The van der Waals surface area contributed by atoms with Crippen LogP contribution in [0.1, 0.15) is 12.8 Å². The molecule has 3 heterocycles. The summed E-state index contributed by atoms with van der Waals surface area (Å²) in [5.74, 6) is 0.887. The standard InChI is InChI=1S/C11H14N4O3/c1-17-9-7-8(12-6-13-9)15-11(10(16)14-7)2-4-18-5-3-11/h6H,2-5H2,1H3,(H,14,16)(H,12,13,15). The van der Waals surface area contributed by atoms with Gasteiger partial charge in [0.1, 0.15) is 17.6 Å². The van der Waals surface area contributed by atoms with Crippen LogP contribution in [0.5, 0.6) is 5.88 Å². The molecule has 0 aromatic carbocycles. The lowest BCUT2D eigenvalue weighted by atomic mass is 9.87. The molecule has 0 atom stereocenters. The van der Waals surface area contributed by atoms with Crippen molar-refractivity contribution in [3.8, 4) is 5.88 Å². The summed E-state index contributed by atoms with van der Waals surface area (Å²) in [6.45, 7) is 1.13. The summed E-state index contributed by atoms with van der Waals surface area (Å²) < 4.78 is 10.4. The highest BCUT2D eigenvalue weighted by Crippen LogP contribution is 2.38. The van der Waals surface area contributed by atoms with E-state index in [1.165, 1.54) is 13.4 Å². The third-order valence-corrected chi connectivity index (χ3v) is 3.38. The molecule has 1 saturated heterocycles. The fourth-order valence-corrected chi connectivity index (χ4v) is 2.32. The van der Waals surface area contributed by atoms with Crippen LogP contribution >= 0.6 is 0 Å². The number of aromatic nitrogens is 2. The van der Waals surface area contributed by atoms with Gasteiger partial charge >= 0.3 is 0 Å². The van der Waals surface area contributed by atoms with Crippen molar-refractivity contribution < 1.29 is 14.3 Å². The van der Waals surface area contributed by atoms with Gasteiger partial charge in [0.15, 0.2) is 5.82 Å². The van der Waals surface area contributed by atoms with Crippen molar-refractivity contribution in [3.63, 3.8) is 0 Å². The highest BCUT2D eigenvalue weighted by Gasteiger charge is 2.44. The second-order valence-electron chi connectivity index (χ2n) is 4.38. The van der Waals surface area contributed by atoms with Gasteiger partial charge in [-0.15, -0.1) is 0 Å². The molecule has 0 unspecified atom stereocenters. The van der Waals surface area contributed by atoms with E-state index in [4.69, 9.17) is 9.47 Å². The monoisotopic (exact) mass is 250 g/mol. The predicted molar refractivity (Wildman–Crippen MR) is 63.6 cm³/mol. The van der Waals surface area contributed by atoms with E-state index in [-0.39, 0.29) is 5.91 Å². The fourth-order valence-electron chi connectivity index (χ4n) is 2.32. The molecular formula is C11H14N4O3. The van der Waals surface area contributed by atoms with Crippen LogP contribution in [0.3, 0.4) is 0 Å². The molecule has 1 aromatic rings. The molecule has 3 rings (SSSR count). The number of carbonyl (C=O) groups is 1. The number of hydrogen-bond acceptors (Lipinski definition) is 6. The van der Waals surface area contributed by atoms with E-state index in [1.807, 2.05) is 0 Å². The normalized spacial score (nSPS) is 20.8. The second kappa shape index (κ2) is 4.09. The Bertz CT molecular complexity index is 485. The maximum absolute atomic E-state index is 12.3. The van der Waals surface area contributed by atoms with Crippen LogP contribution in [-0.2, 0) is 9.53 Å². The maximum Gasteiger partial charge on any atom is 0.250 e. The van der Waals surface area contributed by atoms with Crippen LogP contribution < -0.4 is 15.4 Å². The van der Waals surface area contributed by atoms with Gasteiger partial charge in [-0.2, -0.15) is 4.98 Å². The number of ether oxygens (including phenoxy) is 2. The first-order chi connectivity index (χ1) is 8.75. The largest absolute Gasteiger partial charge is 0.479 e. The summed E-state index contributed by atoms with van der Waals surface area (Å²) in [6.07, 6.45) is 2.67. The summed E-state index contributed by atoms with van der Waals surface area (Å²) in [7, 11) is 1.51. The maximum atomic E-state index is 12.3. The minimum absolute atomic E-state index is 0.0774. The average Bonchev–Trinajstić information content (AvgIpc) is 2.41. The van der Waals surface area contributed by atoms with E-state index >= 15 is 0 Å². The van der Waals surface area contributed by atoms with Gasteiger partial charge < -0.3 is 20.1 Å². The van der Waals surface area contributed by atoms with Gasteiger partial charge in [-0.1, -0.05) is 0 Å². The Morgan fingerprint density at radius 2 is 2.17 bits per heavy atom. The molecule has 1 amide bonds. The van der Waals surface area contributed by atoms with Crippen molar-refractivity contribution in [1.82, 2.24) is 9.97 Å². The Morgan fingerprint density at radius 1 is 1.39 bits per heavy atom. The lowest BCUT2D eigenvalue weighted by Gasteiger charge is -2.40. The molecule has 0 saturated carbocycles. The number of fused-ring (bicyclic) bond motifs is 1. The summed E-state index contributed by atoms with van der Waals surface area (Å²) in [5.41, 5.74) is -0.118. The smallest absolute Gasteiger partial charge is 0.250 e. The van der Waals surface area contributed by atoms with Crippen LogP contribution in [-0.4, -0.2) is 41.7 Å². The molecule has 18 heavy (non-hydrogen) atoms. The van der Waals surface area contributed by atoms with Gasteiger partial charge in [0, 0.05) is 26.1 Å². The molecule has 2 N–H and O–H groups in total. The first-order valence-corrected chi connectivity index (χ1v) is 5.81. The fraction of sp³-hybridized carbons (Fsp3) is 0.545. The van der Waals surface area contributed by atoms with Crippen molar-refractivity contribution in [2.75, 3.05) is 31.0 Å². The zero-order valence-corrected chi connectivity index (χ0v) is 10.0. The molecule has 7 heteroatoms. The lowest BCUT2D eigenvalue weighted by Crippen LogP contribution is -2.55. The Kier molecular flexibility index (Phi) is 2.55. The van der Waals surface area contributed by atoms with Crippen LogP contribution in [0.25, 0.3) is 0 Å². The van der Waals surface area contributed by atoms with E-state index in [2.05, 4.69) is 20.6 Å². The molecule has 1 aromatic heterocycles. The van der Waals surface area contributed by atoms with Gasteiger partial charge in [-0.05, 0) is 0 Å². The summed E-state index contributed by atoms with van der Waals surface area (Å²) in [4.78, 5) is 20.4. The van der Waals surface area contributed by atoms with E-state index in [0.29, 0.717) is 43.4 Å². The van der Waals surface area contributed by atoms with Crippen LogP contribution in [0, 0.1) is 0 Å². The minimum atomic E-state index is -0.620. The van der Waals surface area contributed by atoms with Crippen LogP contribution in [0.15, 0.2) is 6.33 Å². The number of methoxy groups -OCH3 is 1. The number of anilines is 2. The van der Waals surface area contributed by atoms with Crippen molar-refractivity contribution in [2.45, 2.75) is 18.4 Å². The zero-order valence-electron chi connectivity index (χ0n) is 10.0. The van der Waals surface area contributed by atoms with E-state index in [1.54, 1.807) is 0 Å². The number of rotatable bonds is 1. The molecular weight excluding hydrogens is 236 g/mol. The molecule has 7 nitrogen and oxygen atoms in total. The quantitative estimate of drug-likeness (QED) is 0.750.